The smallest absolute Gasteiger partial charge is 0.338 e. The van der Waals surface area contributed by atoms with E-state index in [9.17, 15) is 9.59 Å². The van der Waals surface area contributed by atoms with Crippen molar-refractivity contribution >= 4 is 33.5 Å². The second-order valence-electron chi connectivity index (χ2n) is 5.09. The van der Waals surface area contributed by atoms with Crippen molar-refractivity contribution in [3.05, 3.63) is 63.6 Å². The normalized spacial score (nSPS) is 10.2. The summed E-state index contributed by atoms with van der Waals surface area (Å²) in [4.78, 5) is 23.9. The molecule has 2 aromatic rings. The fourth-order valence-electron chi connectivity index (χ4n) is 2.18. The van der Waals surface area contributed by atoms with Crippen LogP contribution >= 0.6 is 15.9 Å². The number of hydrogen-bond acceptors (Lipinski definition) is 3. The number of halogens is 1. The van der Waals surface area contributed by atoms with Gasteiger partial charge in [-0.3, -0.25) is 4.79 Å². The molecule has 0 aliphatic heterocycles. The SMILES string of the molecule is CCc1cccc(C)c1NC(=O)COC(=O)c1ccc(Br)cc1. The summed E-state index contributed by atoms with van der Waals surface area (Å²) in [5.41, 5.74) is 3.24. The van der Waals surface area contributed by atoms with E-state index in [0.29, 0.717) is 5.56 Å². The molecule has 0 bridgehead atoms. The van der Waals surface area contributed by atoms with Crippen LogP contribution in [0.25, 0.3) is 0 Å². The Bertz CT molecular complexity index is 711. The predicted molar refractivity (Wildman–Crippen MR) is 93.6 cm³/mol. The van der Waals surface area contributed by atoms with E-state index in [0.717, 1.165) is 27.7 Å². The predicted octanol–water partition coefficient (Wildman–Crippen LogP) is 4.12. The average molecular weight is 376 g/mol. The molecule has 4 nitrogen and oxygen atoms in total. The second kappa shape index (κ2) is 7.92. The van der Waals surface area contributed by atoms with Crippen LogP contribution in [0.1, 0.15) is 28.4 Å². The minimum Gasteiger partial charge on any atom is -0.452 e. The van der Waals surface area contributed by atoms with E-state index in [-0.39, 0.29) is 12.5 Å². The number of esters is 1. The van der Waals surface area contributed by atoms with Gasteiger partial charge < -0.3 is 10.1 Å². The number of carbonyl (C=O) groups is 2. The maximum Gasteiger partial charge on any atom is 0.338 e. The van der Waals surface area contributed by atoms with Gasteiger partial charge in [-0.05, 0) is 48.7 Å². The van der Waals surface area contributed by atoms with E-state index < -0.39 is 5.97 Å². The van der Waals surface area contributed by atoms with Crippen LogP contribution in [0.3, 0.4) is 0 Å². The molecule has 0 aliphatic carbocycles. The lowest BCUT2D eigenvalue weighted by molar-refractivity contribution is -0.119. The molecule has 2 aromatic carbocycles. The molecule has 5 heteroatoms. The fraction of sp³-hybridized carbons (Fsp3) is 0.222. The number of anilines is 1. The first-order valence-corrected chi connectivity index (χ1v) is 8.11. The number of carbonyl (C=O) groups excluding carboxylic acids is 2. The van der Waals surface area contributed by atoms with Crippen LogP contribution in [0, 0.1) is 6.92 Å². The maximum atomic E-state index is 12.0. The zero-order valence-corrected chi connectivity index (χ0v) is 14.6. The number of benzene rings is 2. The minimum absolute atomic E-state index is 0.313. The van der Waals surface area contributed by atoms with Crippen LogP contribution < -0.4 is 5.32 Å². The van der Waals surface area contributed by atoms with Crippen molar-refractivity contribution < 1.29 is 14.3 Å². The molecule has 0 aromatic heterocycles. The lowest BCUT2D eigenvalue weighted by atomic mass is 10.1. The first-order valence-electron chi connectivity index (χ1n) is 7.32. The number of aryl methyl sites for hydroxylation is 2. The van der Waals surface area contributed by atoms with Crippen molar-refractivity contribution in [1.29, 1.82) is 0 Å². The Balaban J connectivity index is 1.95. The molecular formula is C18H18BrNO3. The van der Waals surface area contributed by atoms with Crippen LogP contribution in [0.4, 0.5) is 5.69 Å². The zero-order chi connectivity index (χ0) is 16.8. The molecule has 1 N–H and O–H groups in total. The quantitative estimate of drug-likeness (QED) is 0.799. The van der Waals surface area contributed by atoms with E-state index >= 15 is 0 Å². The topological polar surface area (TPSA) is 55.4 Å². The summed E-state index contributed by atoms with van der Waals surface area (Å²) in [6, 6.07) is 12.6. The lowest BCUT2D eigenvalue weighted by Crippen LogP contribution is -2.22. The Morgan fingerprint density at radius 3 is 2.48 bits per heavy atom. The summed E-state index contributed by atoms with van der Waals surface area (Å²) in [6.45, 7) is 3.65. The van der Waals surface area contributed by atoms with Crippen LogP contribution in [-0.2, 0) is 16.0 Å². The molecule has 120 valence electrons. The van der Waals surface area contributed by atoms with Gasteiger partial charge in [0.05, 0.1) is 5.56 Å². The summed E-state index contributed by atoms with van der Waals surface area (Å²) in [7, 11) is 0. The van der Waals surface area contributed by atoms with Gasteiger partial charge in [0.1, 0.15) is 0 Å². The van der Waals surface area contributed by atoms with Gasteiger partial charge in [-0.2, -0.15) is 0 Å². The molecular weight excluding hydrogens is 358 g/mol. The van der Waals surface area contributed by atoms with Gasteiger partial charge in [0.15, 0.2) is 6.61 Å². The number of amides is 1. The number of para-hydroxylation sites is 1. The number of ether oxygens (including phenoxy) is 1. The van der Waals surface area contributed by atoms with Gasteiger partial charge in [-0.15, -0.1) is 0 Å². The second-order valence-corrected chi connectivity index (χ2v) is 6.01. The third kappa shape index (κ3) is 4.66. The molecule has 0 fully saturated rings. The van der Waals surface area contributed by atoms with Crippen molar-refractivity contribution in [2.75, 3.05) is 11.9 Å². The summed E-state index contributed by atoms with van der Waals surface area (Å²) in [6.07, 6.45) is 0.815. The fourth-order valence-corrected chi connectivity index (χ4v) is 2.44. The number of rotatable bonds is 5. The van der Waals surface area contributed by atoms with Gasteiger partial charge in [-0.1, -0.05) is 41.1 Å². The van der Waals surface area contributed by atoms with Crippen molar-refractivity contribution in [2.45, 2.75) is 20.3 Å². The highest BCUT2D eigenvalue weighted by molar-refractivity contribution is 9.10. The van der Waals surface area contributed by atoms with Gasteiger partial charge >= 0.3 is 5.97 Å². The van der Waals surface area contributed by atoms with Crippen molar-refractivity contribution in [3.63, 3.8) is 0 Å². The van der Waals surface area contributed by atoms with Crippen LogP contribution in [-0.4, -0.2) is 18.5 Å². The third-order valence-corrected chi connectivity index (χ3v) is 3.95. The molecule has 0 radical (unpaired) electrons. The van der Waals surface area contributed by atoms with Crippen LogP contribution in [0.15, 0.2) is 46.9 Å². The van der Waals surface area contributed by atoms with E-state index in [1.165, 1.54) is 0 Å². The van der Waals surface area contributed by atoms with Crippen molar-refractivity contribution in [3.8, 4) is 0 Å². The highest BCUT2D eigenvalue weighted by Gasteiger charge is 2.12. The third-order valence-electron chi connectivity index (χ3n) is 3.42. The Hall–Kier alpha value is -2.14. The highest BCUT2D eigenvalue weighted by Crippen LogP contribution is 2.21. The molecule has 2 rings (SSSR count). The molecule has 0 aliphatic rings. The van der Waals surface area contributed by atoms with Crippen molar-refractivity contribution in [2.24, 2.45) is 0 Å². The monoisotopic (exact) mass is 375 g/mol. The highest BCUT2D eigenvalue weighted by atomic mass is 79.9. The Morgan fingerprint density at radius 1 is 1.13 bits per heavy atom. The molecule has 1 amide bonds. The summed E-state index contributed by atoms with van der Waals surface area (Å²) >= 11 is 3.30. The largest absolute Gasteiger partial charge is 0.452 e. The molecule has 0 atom stereocenters. The Kier molecular flexibility index (Phi) is 5.93. The van der Waals surface area contributed by atoms with E-state index in [2.05, 4.69) is 21.2 Å². The Morgan fingerprint density at radius 2 is 1.83 bits per heavy atom. The van der Waals surface area contributed by atoms with Gasteiger partial charge in [0.25, 0.3) is 5.91 Å². The average Bonchev–Trinajstić information content (AvgIpc) is 2.55. The van der Waals surface area contributed by atoms with E-state index in [4.69, 9.17) is 4.74 Å². The summed E-state index contributed by atoms with van der Waals surface area (Å²) < 4.78 is 5.92. The minimum atomic E-state index is -0.520. The van der Waals surface area contributed by atoms with Crippen LogP contribution in [0.2, 0.25) is 0 Å². The lowest BCUT2D eigenvalue weighted by Gasteiger charge is -2.13. The molecule has 0 spiro atoms. The molecule has 0 saturated carbocycles. The van der Waals surface area contributed by atoms with E-state index in [1.54, 1.807) is 24.3 Å². The molecule has 0 unspecified atom stereocenters. The first-order chi connectivity index (χ1) is 11.0. The maximum absolute atomic E-state index is 12.0. The first kappa shape index (κ1) is 17.2. The molecule has 0 saturated heterocycles. The molecule has 0 heterocycles. The van der Waals surface area contributed by atoms with Gasteiger partial charge in [0.2, 0.25) is 0 Å². The zero-order valence-electron chi connectivity index (χ0n) is 13.1. The van der Waals surface area contributed by atoms with Gasteiger partial charge in [0, 0.05) is 10.2 Å². The van der Waals surface area contributed by atoms with Gasteiger partial charge in [-0.25, -0.2) is 4.79 Å². The standard InChI is InChI=1S/C18H18BrNO3/c1-3-13-6-4-5-12(2)17(13)20-16(21)11-23-18(22)14-7-9-15(19)10-8-14/h4-10H,3,11H2,1-2H3,(H,20,21). The van der Waals surface area contributed by atoms with Crippen LogP contribution in [0.5, 0.6) is 0 Å². The van der Waals surface area contributed by atoms with E-state index in [1.807, 2.05) is 32.0 Å². The molecule has 23 heavy (non-hydrogen) atoms. The summed E-state index contributed by atoms with van der Waals surface area (Å²) in [5, 5.41) is 2.82. The number of nitrogens with one attached hydrogen (secondary N) is 1. The van der Waals surface area contributed by atoms with Crippen molar-refractivity contribution in [1.82, 2.24) is 0 Å². The number of hydrogen-bond donors (Lipinski definition) is 1. The Labute approximate surface area is 144 Å². The summed E-state index contributed by atoms with van der Waals surface area (Å²) in [5.74, 6) is -0.868.